The Hall–Kier alpha value is -3.20. The number of rotatable bonds is 6. The molecular formula is C20H21N3O5S. The number of nitrogens with zero attached hydrogens (tertiary/aromatic N) is 2. The van der Waals surface area contributed by atoms with E-state index in [4.69, 9.17) is 9.47 Å². The van der Waals surface area contributed by atoms with Gasteiger partial charge in [-0.2, -0.15) is 0 Å². The Labute approximate surface area is 171 Å². The van der Waals surface area contributed by atoms with Crippen LogP contribution in [0.5, 0.6) is 5.75 Å². The number of anilines is 1. The van der Waals surface area contributed by atoms with Crippen LogP contribution in [0.3, 0.4) is 0 Å². The van der Waals surface area contributed by atoms with Crippen LogP contribution in [0.15, 0.2) is 35.4 Å². The topological polar surface area (TPSA) is 99.5 Å². The Kier molecular flexibility index (Phi) is 5.97. The van der Waals surface area contributed by atoms with Crippen molar-refractivity contribution in [2.45, 2.75) is 33.4 Å². The molecule has 0 radical (unpaired) electrons. The third-order valence-electron chi connectivity index (χ3n) is 4.47. The Morgan fingerprint density at radius 3 is 2.79 bits per heavy atom. The lowest BCUT2D eigenvalue weighted by Gasteiger charge is -2.14. The van der Waals surface area contributed by atoms with Crippen molar-refractivity contribution in [3.63, 3.8) is 0 Å². The Balaban J connectivity index is 1.66. The second-order valence-corrected chi connectivity index (χ2v) is 7.70. The van der Waals surface area contributed by atoms with Crippen LogP contribution >= 0.6 is 11.3 Å². The molecule has 0 saturated carbocycles. The van der Waals surface area contributed by atoms with E-state index in [1.54, 1.807) is 24.3 Å². The zero-order chi connectivity index (χ0) is 21.1. The molecule has 0 aliphatic rings. The second-order valence-electron chi connectivity index (χ2n) is 6.49. The van der Waals surface area contributed by atoms with Gasteiger partial charge in [0.05, 0.1) is 18.8 Å². The summed E-state index contributed by atoms with van der Waals surface area (Å²) in [5.41, 5.74) is 1.07. The number of nitrogens with one attached hydrogen (secondary N) is 1. The summed E-state index contributed by atoms with van der Waals surface area (Å²) in [6, 6.07) is 6.83. The highest BCUT2D eigenvalue weighted by Crippen LogP contribution is 2.25. The summed E-state index contributed by atoms with van der Waals surface area (Å²) in [7, 11) is 1.53. The lowest BCUT2D eigenvalue weighted by molar-refractivity contribution is -0.153. The molecule has 3 aromatic rings. The maximum Gasteiger partial charge on any atom is 0.326 e. The number of methoxy groups -OCH3 is 1. The van der Waals surface area contributed by atoms with Gasteiger partial charge in [-0.1, -0.05) is 6.07 Å². The number of hydrogen-bond donors (Lipinski definition) is 1. The molecule has 152 valence electrons. The molecule has 0 unspecified atom stereocenters. The van der Waals surface area contributed by atoms with Gasteiger partial charge in [-0.3, -0.25) is 19.0 Å². The smallest absolute Gasteiger partial charge is 0.326 e. The first-order valence-corrected chi connectivity index (χ1v) is 9.71. The third kappa shape index (κ3) is 4.45. The van der Waals surface area contributed by atoms with Gasteiger partial charge in [0.2, 0.25) is 0 Å². The molecule has 1 aromatic carbocycles. The molecule has 8 nitrogen and oxygen atoms in total. The quantitative estimate of drug-likeness (QED) is 0.622. The largest absolute Gasteiger partial charge is 0.497 e. The van der Waals surface area contributed by atoms with Crippen molar-refractivity contribution in [1.29, 1.82) is 0 Å². The summed E-state index contributed by atoms with van der Waals surface area (Å²) in [5.74, 6) is -0.600. The maximum absolute atomic E-state index is 12.7. The van der Waals surface area contributed by atoms with Crippen LogP contribution in [0.2, 0.25) is 0 Å². The van der Waals surface area contributed by atoms with Crippen LogP contribution in [-0.4, -0.2) is 34.6 Å². The maximum atomic E-state index is 12.7. The summed E-state index contributed by atoms with van der Waals surface area (Å²) in [6.45, 7) is 4.91. The molecule has 0 saturated heterocycles. The van der Waals surface area contributed by atoms with Gasteiger partial charge in [-0.05, 0) is 38.5 Å². The first kappa shape index (κ1) is 20.5. The average molecular weight is 415 g/mol. The highest BCUT2D eigenvalue weighted by Gasteiger charge is 2.20. The summed E-state index contributed by atoms with van der Waals surface area (Å²) in [6.07, 6.45) is 0.286. The monoisotopic (exact) mass is 415 g/mol. The average Bonchev–Trinajstić information content (AvgIpc) is 2.98. The van der Waals surface area contributed by atoms with Crippen LogP contribution in [-0.2, 0) is 20.9 Å². The number of amides is 1. The molecule has 9 heteroatoms. The molecule has 1 atom stereocenters. The van der Waals surface area contributed by atoms with Crippen LogP contribution in [0.25, 0.3) is 10.2 Å². The number of carbonyl (C=O) groups is 2. The fraction of sp³-hybridized carbons (Fsp3) is 0.300. The van der Waals surface area contributed by atoms with E-state index in [0.29, 0.717) is 21.7 Å². The molecule has 29 heavy (non-hydrogen) atoms. The van der Waals surface area contributed by atoms with E-state index in [9.17, 15) is 14.4 Å². The number of ether oxygens (including phenoxy) is 2. The number of aromatic nitrogens is 2. The van der Waals surface area contributed by atoms with Gasteiger partial charge in [0.25, 0.3) is 11.5 Å². The Morgan fingerprint density at radius 2 is 2.07 bits per heavy atom. The predicted molar refractivity (Wildman–Crippen MR) is 111 cm³/mol. The molecule has 1 amide bonds. The highest BCUT2D eigenvalue weighted by atomic mass is 32.1. The zero-order valence-corrected chi connectivity index (χ0v) is 17.3. The van der Waals surface area contributed by atoms with Gasteiger partial charge >= 0.3 is 5.97 Å². The number of esters is 1. The number of aryl methyl sites for hydroxylation is 2. The van der Waals surface area contributed by atoms with Crippen LogP contribution in [0.1, 0.15) is 17.4 Å². The number of thiophene rings is 1. The minimum atomic E-state index is -1.04. The van der Waals surface area contributed by atoms with Gasteiger partial charge in [0, 0.05) is 16.6 Å². The van der Waals surface area contributed by atoms with Crippen molar-refractivity contribution in [2.24, 2.45) is 0 Å². The zero-order valence-electron chi connectivity index (χ0n) is 16.5. The summed E-state index contributed by atoms with van der Waals surface area (Å²) < 4.78 is 11.5. The van der Waals surface area contributed by atoms with Gasteiger partial charge < -0.3 is 14.8 Å². The molecule has 1 N–H and O–H groups in total. The van der Waals surface area contributed by atoms with Crippen molar-refractivity contribution >= 4 is 39.1 Å². The van der Waals surface area contributed by atoms with E-state index in [1.807, 2.05) is 13.8 Å². The predicted octanol–water partition coefficient (Wildman–Crippen LogP) is 2.65. The molecule has 2 aromatic heterocycles. The molecule has 0 fully saturated rings. The SMILES string of the molecule is COc1cccc(NC(=O)[C@@H](C)OC(=O)Cn2cnc3sc(C)c(C)c3c2=O)c1. The molecule has 0 aliphatic carbocycles. The minimum absolute atomic E-state index is 0.303. The van der Waals surface area contributed by atoms with Gasteiger partial charge in [0.1, 0.15) is 17.1 Å². The van der Waals surface area contributed by atoms with Crippen LogP contribution in [0.4, 0.5) is 5.69 Å². The molecule has 0 spiro atoms. The first-order chi connectivity index (χ1) is 13.8. The normalized spacial score (nSPS) is 11.9. The van der Waals surface area contributed by atoms with Crippen molar-refractivity contribution < 1.29 is 19.1 Å². The van der Waals surface area contributed by atoms with Crippen LogP contribution in [0, 0.1) is 13.8 Å². The highest BCUT2D eigenvalue weighted by molar-refractivity contribution is 7.18. The van der Waals surface area contributed by atoms with E-state index in [2.05, 4.69) is 10.3 Å². The van der Waals surface area contributed by atoms with Crippen molar-refractivity contribution in [1.82, 2.24) is 9.55 Å². The molecular weight excluding hydrogens is 394 g/mol. The molecule has 3 rings (SSSR count). The van der Waals surface area contributed by atoms with E-state index >= 15 is 0 Å². The summed E-state index contributed by atoms with van der Waals surface area (Å²) in [5, 5.41) is 3.16. The molecule has 0 aliphatic heterocycles. The number of carbonyl (C=O) groups excluding carboxylic acids is 2. The fourth-order valence-electron chi connectivity index (χ4n) is 2.75. The first-order valence-electron chi connectivity index (χ1n) is 8.89. The van der Waals surface area contributed by atoms with Gasteiger partial charge in [0.15, 0.2) is 6.10 Å². The van der Waals surface area contributed by atoms with E-state index in [1.165, 1.54) is 36.3 Å². The van der Waals surface area contributed by atoms with Crippen LogP contribution < -0.4 is 15.6 Å². The van der Waals surface area contributed by atoms with Crippen molar-refractivity contribution in [2.75, 3.05) is 12.4 Å². The van der Waals surface area contributed by atoms with Crippen molar-refractivity contribution in [3.8, 4) is 5.75 Å². The minimum Gasteiger partial charge on any atom is -0.497 e. The third-order valence-corrected chi connectivity index (χ3v) is 5.59. The van der Waals surface area contributed by atoms with E-state index in [0.717, 1.165) is 10.4 Å². The van der Waals surface area contributed by atoms with Gasteiger partial charge in [-0.15, -0.1) is 11.3 Å². The number of fused-ring (bicyclic) bond motifs is 1. The standard InChI is InChI=1S/C20H21N3O5S/c1-11-13(3)29-19-17(11)20(26)23(10-21-19)9-16(24)28-12(2)18(25)22-14-6-5-7-15(8-14)27-4/h5-8,10,12H,9H2,1-4H3,(H,22,25)/t12-/m1/s1. The molecule has 2 heterocycles. The lowest BCUT2D eigenvalue weighted by Crippen LogP contribution is -2.33. The Bertz CT molecular complexity index is 1130. The number of benzene rings is 1. The van der Waals surface area contributed by atoms with Crippen molar-refractivity contribution in [3.05, 3.63) is 51.4 Å². The summed E-state index contributed by atoms with van der Waals surface area (Å²) >= 11 is 1.44. The Morgan fingerprint density at radius 1 is 1.31 bits per heavy atom. The summed E-state index contributed by atoms with van der Waals surface area (Å²) in [4.78, 5) is 43.1. The van der Waals surface area contributed by atoms with E-state index < -0.39 is 18.0 Å². The lowest BCUT2D eigenvalue weighted by atomic mass is 10.2. The van der Waals surface area contributed by atoms with Gasteiger partial charge in [-0.25, -0.2) is 4.98 Å². The fourth-order valence-corrected chi connectivity index (χ4v) is 3.74. The van der Waals surface area contributed by atoms with E-state index in [-0.39, 0.29) is 12.1 Å². The second kappa shape index (κ2) is 8.44. The number of hydrogen-bond acceptors (Lipinski definition) is 7. The molecule has 0 bridgehead atoms.